The molecule has 1 aromatic heterocycles. The van der Waals surface area contributed by atoms with Gasteiger partial charge in [-0.15, -0.1) is 0 Å². The van der Waals surface area contributed by atoms with Gasteiger partial charge in [-0.1, -0.05) is 36.4 Å². The van der Waals surface area contributed by atoms with Crippen LogP contribution in [0.25, 0.3) is 16.6 Å². The van der Waals surface area contributed by atoms with E-state index >= 15 is 0 Å². The van der Waals surface area contributed by atoms with Crippen LogP contribution >= 0.6 is 0 Å². The Hall–Kier alpha value is -2.92. The molecule has 5 heteroatoms. The van der Waals surface area contributed by atoms with Gasteiger partial charge in [0.15, 0.2) is 5.78 Å². The molecule has 1 saturated heterocycles. The molecule has 0 amide bonds. The van der Waals surface area contributed by atoms with Crippen LogP contribution in [0.4, 0.5) is 0 Å². The minimum Gasteiger partial charge on any atom is -0.466 e. The third kappa shape index (κ3) is 4.10. The van der Waals surface area contributed by atoms with Crippen molar-refractivity contribution in [1.29, 1.82) is 0 Å². The highest BCUT2D eigenvalue weighted by Gasteiger charge is 2.27. The van der Waals surface area contributed by atoms with Gasteiger partial charge in [-0.3, -0.25) is 14.5 Å². The number of carbonyl (C=O) groups excluding carboxylic acids is 2. The van der Waals surface area contributed by atoms with Crippen LogP contribution in [0.2, 0.25) is 0 Å². The van der Waals surface area contributed by atoms with Crippen molar-refractivity contribution in [3.63, 3.8) is 0 Å². The number of aromatic nitrogens is 1. The smallest absolute Gasteiger partial charge is 0.309 e. The number of benzene rings is 2. The molecule has 2 heterocycles. The lowest BCUT2D eigenvalue weighted by Gasteiger charge is -2.30. The second-order valence-corrected chi connectivity index (χ2v) is 7.49. The van der Waals surface area contributed by atoms with Crippen molar-refractivity contribution < 1.29 is 14.3 Å². The third-order valence-electron chi connectivity index (χ3n) is 5.62. The molecule has 0 spiro atoms. The Labute approximate surface area is 170 Å². The first kappa shape index (κ1) is 19.4. The number of hydrogen-bond donors (Lipinski definition) is 0. The van der Waals surface area contributed by atoms with Crippen LogP contribution in [0.15, 0.2) is 60.8 Å². The predicted molar refractivity (Wildman–Crippen MR) is 113 cm³/mol. The Kier molecular flexibility index (Phi) is 5.76. The molecular formula is C24H26N2O3. The fourth-order valence-corrected chi connectivity index (χ4v) is 4.08. The molecule has 2 aromatic carbocycles. The molecule has 0 saturated carbocycles. The van der Waals surface area contributed by atoms with Crippen LogP contribution in [-0.4, -0.2) is 47.5 Å². The van der Waals surface area contributed by atoms with E-state index in [9.17, 15) is 9.59 Å². The van der Waals surface area contributed by atoms with Gasteiger partial charge in [-0.2, -0.15) is 0 Å². The van der Waals surface area contributed by atoms with Crippen LogP contribution in [0, 0.1) is 5.92 Å². The maximum Gasteiger partial charge on any atom is 0.309 e. The number of para-hydroxylation sites is 2. The summed E-state index contributed by atoms with van der Waals surface area (Å²) in [4.78, 5) is 27.2. The SMILES string of the molecule is CCOC(=O)C1CCN(CC(=O)c2cn(-c3ccccc3)c3ccccc23)CC1. The molecule has 0 unspecified atom stereocenters. The number of piperidine rings is 1. The maximum absolute atomic E-state index is 13.1. The van der Waals surface area contributed by atoms with Crippen molar-refractivity contribution in [2.24, 2.45) is 5.92 Å². The van der Waals surface area contributed by atoms with E-state index in [1.165, 1.54) is 0 Å². The summed E-state index contributed by atoms with van der Waals surface area (Å²) in [6.07, 6.45) is 3.45. The molecule has 0 bridgehead atoms. The van der Waals surface area contributed by atoms with E-state index in [0.717, 1.165) is 48.1 Å². The topological polar surface area (TPSA) is 51.5 Å². The summed E-state index contributed by atoms with van der Waals surface area (Å²) >= 11 is 0. The average Bonchev–Trinajstić information content (AvgIpc) is 3.15. The number of Topliss-reactive ketones (excluding diaryl/α,β-unsaturated/α-hetero) is 1. The number of ether oxygens (including phenoxy) is 1. The van der Waals surface area contributed by atoms with Gasteiger partial charge in [-0.05, 0) is 51.1 Å². The Morgan fingerprint density at radius 3 is 2.41 bits per heavy atom. The molecule has 150 valence electrons. The maximum atomic E-state index is 13.1. The fourth-order valence-electron chi connectivity index (χ4n) is 4.08. The highest BCUT2D eigenvalue weighted by molar-refractivity contribution is 6.09. The van der Waals surface area contributed by atoms with Crippen LogP contribution in [0.5, 0.6) is 0 Å². The Morgan fingerprint density at radius 1 is 1.00 bits per heavy atom. The van der Waals surface area contributed by atoms with E-state index in [0.29, 0.717) is 13.2 Å². The molecule has 0 radical (unpaired) electrons. The van der Waals surface area contributed by atoms with Gasteiger partial charge in [0.2, 0.25) is 0 Å². The Balaban J connectivity index is 1.51. The second kappa shape index (κ2) is 8.62. The van der Waals surface area contributed by atoms with E-state index in [4.69, 9.17) is 4.74 Å². The first-order valence-electron chi connectivity index (χ1n) is 10.2. The van der Waals surface area contributed by atoms with Crippen molar-refractivity contribution in [2.75, 3.05) is 26.2 Å². The highest BCUT2D eigenvalue weighted by Crippen LogP contribution is 2.26. The normalized spacial score (nSPS) is 15.5. The minimum atomic E-state index is -0.107. The number of likely N-dealkylation sites (tertiary alicyclic amines) is 1. The Morgan fingerprint density at radius 2 is 1.69 bits per heavy atom. The summed E-state index contributed by atoms with van der Waals surface area (Å²) in [5, 5.41) is 0.975. The highest BCUT2D eigenvalue weighted by atomic mass is 16.5. The van der Waals surface area contributed by atoms with Crippen LogP contribution < -0.4 is 0 Å². The van der Waals surface area contributed by atoms with Crippen molar-refractivity contribution >= 4 is 22.7 Å². The molecule has 0 atom stereocenters. The number of ketones is 1. The lowest BCUT2D eigenvalue weighted by atomic mass is 9.96. The number of carbonyl (C=O) groups is 2. The number of nitrogens with zero attached hydrogens (tertiary/aromatic N) is 2. The van der Waals surface area contributed by atoms with Gasteiger partial charge < -0.3 is 9.30 Å². The zero-order valence-corrected chi connectivity index (χ0v) is 16.7. The zero-order valence-electron chi connectivity index (χ0n) is 16.7. The summed E-state index contributed by atoms with van der Waals surface area (Å²) in [6, 6.07) is 18.1. The zero-order chi connectivity index (χ0) is 20.2. The molecule has 1 fully saturated rings. The van der Waals surface area contributed by atoms with Gasteiger partial charge >= 0.3 is 5.97 Å². The predicted octanol–water partition coefficient (Wildman–Crippen LogP) is 4.09. The lowest BCUT2D eigenvalue weighted by molar-refractivity contribution is -0.149. The molecule has 0 aliphatic carbocycles. The molecular weight excluding hydrogens is 364 g/mol. The molecule has 29 heavy (non-hydrogen) atoms. The molecule has 4 rings (SSSR count). The Bertz CT molecular complexity index is 1000. The second-order valence-electron chi connectivity index (χ2n) is 7.49. The van der Waals surface area contributed by atoms with E-state index in [1.807, 2.05) is 67.7 Å². The van der Waals surface area contributed by atoms with E-state index in [-0.39, 0.29) is 17.7 Å². The molecule has 1 aliphatic rings. The largest absolute Gasteiger partial charge is 0.466 e. The van der Waals surface area contributed by atoms with E-state index in [1.54, 1.807) is 0 Å². The molecule has 3 aromatic rings. The van der Waals surface area contributed by atoms with Gasteiger partial charge in [0.1, 0.15) is 0 Å². The van der Waals surface area contributed by atoms with Gasteiger partial charge in [0.05, 0.1) is 24.6 Å². The standard InChI is InChI=1S/C24H26N2O3/c1-2-29-24(28)18-12-14-25(15-13-18)17-23(27)21-16-26(19-8-4-3-5-9-19)22-11-7-6-10-20(21)22/h3-11,16,18H,2,12-15,17H2,1H3. The van der Waals surface area contributed by atoms with Crippen LogP contribution in [0.3, 0.4) is 0 Å². The summed E-state index contributed by atoms with van der Waals surface area (Å²) < 4.78 is 7.21. The monoisotopic (exact) mass is 390 g/mol. The summed E-state index contributed by atoms with van der Waals surface area (Å²) in [6.45, 7) is 4.11. The molecule has 5 nitrogen and oxygen atoms in total. The average molecular weight is 390 g/mol. The van der Waals surface area contributed by atoms with Gasteiger partial charge in [0.25, 0.3) is 0 Å². The van der Waals surface area contributed by atoms with Crippen molar-refractivity contribution in [3.05, 3.63) is 66.4 Å². The number of hydrogen-bond acceptors (Lipinski definition) is 4. The third-order valence-corrected chi connectivity index (χ3v) is 5.62. The quantitative estimate of drug-likeness (QED) is 0.470. The first-order chi connectivity index (χ1) is 14.2. The minimum absolute atomic E-state index is 0.0405. The van der Waals surface area contributed by atoms with Crippen LogP contribution in [-0.2, 0) is 9.53 Å². The number of rotatable bonds is 6. The lowest BCUT2D eigenvalue weighted by Crippen LogP contribution is -2.39. The van der Waals surface area contributed by atoms with Crippen LogP contribution in [0.1, 0.15) is 30.1 Å². The van der Waals surface area contributed by atoms with Gasteiger partial charge in [-0.25, -0.2) is 0 Å². The van der Waals surface area contributed by atoms with E-state index in [2.05, 4.69) is 9.47 Å². The van der Waals surface area contributed by atoms with E-state index < -0.39 is 0 Å². The van der Waals surface area contributed by atoms with Gasteiger partial charge in [0, 0.05) is 22.8 Å². The van der Waals surface area contributed by atoms with Crippen molar-refractivity contribution in [1.82, 2.24) is 9.47 Å². The fraction of sp³-hybridized carbons (Fsp3) is 0.333. The molecule has 0 N–H and O–H groups in total. The van der Waals surface area contributed by atoms with Crippen molar-refractivity contribution in [2.45, 2.75) is 19.8 Å². The number of esters is 1. The molecule has 1 aliphatic heterocycles. The summed E-state index contributed by atoms with van der Waals surface area (Å²) in [5.41, 5.74) is 2.82. The summed E-state index contributed by atoms with van der Waals surface area (Å²) in [5.74, 6) is -0.0313. The summed E-state index contributed by atoms with van der Waals surface area (Å²) in [7, 11) is 0. The van der Waals surface area contributed by atoms with Crippen molar-refractivity contribution in [3.8, 4) is 5.69 Å². The first-order valence-corrected chi connectivity index (χ1v) is 10.2. The number of fused-ring (bicyclic) bond motifs is 1.